The molecule has 32 heavy (non-hydrogen) atoms. The zero-order valence-electron chi connectivity index (χ0n) is 16.0. The number of rotatable bonds is 5. The summed E-state index contributed by atoms with van der Waals surface area (Å²) in [6.07, 6.45) is 1.67. The highest BCUT2D eigenvalue weighted by molar-refractivity contribution is 14.1. The van der Waals surface area contributed by atoms with E-state index in [2.05, 4.69) is 72.8 Å². The fourth-order valence-corrected chi connectivity index (χ4v) is 5.70. The van der Waals surface area contributed by atoms with Crippen LogP contribution < -0.4 is 4.74 Å². The van der Waals surface area contributed by atoms with E-state index >= 15 is 0 Å². The first-order valence-corrected chi connectivity index (χ1v) is 12.8. The molecule has 0 atom stereocenters. The van der Waals surface area contributed by atoms with Gasteiger partial charge in [0.2, 0.25) is 5.90 Å². The minimum atomic E-state index is -0.531. The third-order valence-electron chi connectivity index (χ3n) is 4.40. The zero-order valence-corrected chi connectivity index (χ0v) is 23.3. The molecule has 0 saturated heterocycles. The molecule has 4 nitrogen and oxygen atoms in total. The maximum Gasteiger partial charge on any atom is 0.363 e. The predicted octanol–water partition coefficient (Wildman–Crippen LogP) is 7.22. The minimum Gasteiger partial charge on any atom is -0.487 e. The molecule has 0 radical (unpaired) electrons. The molecule has 1 aliphatic heterocycles. The maximum absolute atomic E-state index is 13.1. The smallest absolute Gasteiger partial charge is 0.363 e. The third kappa shape index (κ3) is 5.62. The lowest BCUT2D eigenvalue weighted by Crippen LogP contribution is -2.06. The van der Waals surface area contributed by atoms with Gasteiger partial charge in [-0.25, -0.2) is 14.2 Å². The summed E-state index contributed by atoms with van der Waals surface area (Å²) >= 11 is 12.8. The number of halogens is 5. The Kier molecular flexibility index (Phi) is 7.73. The maximum atomic E-state index is 13.1. The van der Waals surface area contributed by atoms with E-state index in [1.54, 1.807) is 24.3 Å². The largest absolute Gasteiger partial charge is 0.487 e. The highest BCUT2D eigenvalue weighted by Gasteiger charge is 2.26. The Balaban J connectivity index is 1.57. The number of hydrogen-bond donors (Lipinski definition) is 0. The van der Waals surface area contributed by atoms with Crippen molar-refractivity contribution in [2.75, 3.05) is 0 Å². The monoisotopic (exact) mass is 785 g/mol. The molecule has 0 bridgehead atoms. The van der Waals surface area contributed by atoms with Crippen molar-refractivity contribution in [3.8, 4) is 5.75 Å². The van der Waals surface area contributed by atoms with Crippen LogP contribution >= 0.6 is 79.4 Å². The van der Waals surface area contributed by atoms with Crippen LogP contribution in [-0.2, 0) is 16.1 Å². The Morgan fingerprint density at radius 2 is 1.72 bits per heavy atom. The van der Waals surface area contributed by atoms with Gasteiger partial charge in [-0.3, -0.25) is 0 Å². The van der Waals surface area contributed by atoms with E-state index in [-0.39, 0.29) is 17.4 Å². The van der Waals surface area contributed by atoms with E-state index in [1.807, 2.05) is 24.3 Å². The Labute approximate surface area is 229 Å². The first-order chi connectivity index (χ1) is 15.3. The molecular formula is C23H12ClFI3NO3. The summed E-state index contributed by atoms with van der Waals surface area (Å²) in [5, 5.41) is 0.463. The molecule has 162 valence electrons. The van der Waals surface area contributed by atoms with Crippen molar-refractivity contribution in [3.63, 3.8) is 0 Å². The number of benzene rings is 3. The summed E-state index contributed by atoms with van der Waals surface area (Å²) in [6, 6.07) is 15.4. The van der Waals surface area contributed by atoms with Crippen molar-refractivity contribution in [1.29, 1.82) is 0 Å². The first kappa shape index (κ1) is 23.9. The fraction of sp³-hybridized carbons (Fsp3) is 0.0435. The van der Waals surface area contributed by atoms with Gasteiger partial charge in [-0.15, -0.1) is 0 Å². The molecular weight excluding hydrogens is 773 g/mol. The summed E-state index contributed by atoms with van der Waals surface area (Å²) in [6.45, 7) is 0.323. The highest BCUT2D eigenvalue weighted by Crippen LogP contribution is 2.31. The summed E-state index contributed by atoms with van der Waals surface area (Å²) < 4.78 is 27.1. The van der Waals surface area contributed by atoms with Gasteiger partial charge in [0.1, 0.15) is 18.2 Å². The molecule has 0 saturated carbocycles. The number of aliphatic imine (C=N–C) groups is 1. The predicted molar refractivity (Wildman–Crippen MR) is 147 cm³/mol. The van der Waals surface area contributed by atoms with Gasteiger partial charge in [-0.2, -0.15) is 0 Å². The van der Waals surface area contributed by atoms with Crippen LogP contribution in [0.15, 0.2) is 65.3 Å². The number of esters is 1. The molecule has 0 fully saturated rings. The Morgan fingerprint density at radius 1 is 1.03 bits per heavy atom. The molecule has 1 heterocycles. The highest BCUT2D eigenvalue weighted by atomic mass is 127. The van der Waals surface area contributed by atoms with Gasteiger partial charge in [0.15, 0.2) is 5.70 Å². The van der Waals surface area contributed by atoms with E-state index in [4.69, 9.17) is 21.1 Å². The van der Waals surface area contributed by atoms with Gasteiger partial charge in [0.05, 0.1) is 17.7 Å². The van der Waals surface area contributed by atoms with Crippen LogP contribution in [0.3, 0.4) is 0 Å². The van der Waals surface area contributed by atoms with Crippen LogP contribution in [0.25, 0.3) is 6.08 Å². The average Bonchev–Trinajstić information content (AvgIpc) is 3.10. The van der Waals surface area contributed by atoms with Crippen LogP contribution in [-0.4, -0.2) is 11.9 Å². The standard InChI is InChI=1S/C23H12ClFI3NO3/c24-17-6-5-15(26)10-16(17)22-29-20(23(30)32-22)9-13-7-18(27)21(19(28)8-13)31-11-12-1-3-14(25)4-2-12/h1-10H,11H2/b20-9-. The summed E-state index contributed by atoms with van der Waals surface area (Å²) in [5.41, 5.74) is 2.43. The van der Waals surface area contributed by atoms with Gasteiger partial charge in [-0.1, -0.05) is 23.7 Å². The van der Waals surface area contributed by atoms with Gasteiger partial charge in [-0.05, 0) is 127 Å². The quantitative estimate of drug-likeness (QED) is 0.156. The molecule has 0 unspecified atom stereocenters. The van der Waals surface area contributed by atoms with Crippen LogP contribution in [0.4, 0.5) is 4.39 Å². The van der Waals surface area contributed by atoms with Crippen LogP contribution in [0, 0.1) is 16.5 Å². The Morgan fingerprint density at radius 3 is 2.41 bits per heavy atom. The van der Waals surface area contributed by atoms with Crippen LogP contribution in [0.5, 0.6) is 5.75 Å². The third-order valence-corrected chi connectivity index (χ3v) is 7.00. The van der Waals surface area contributed by atoms with Crippen molar-refractivity contribution >= 4 is 97.3 Å². The molecule has 0 aromatic heterocycles. The second-order valence-corrected chi connectivity index (χ2v) is 10.7. The van der Waals surface area contributed by atoms with Crippen LogP contribution in [0.1, 0.15) is 16.7 Å². The van der Waals surface area contributed by atoms with Gasteiger partial charge < -0.3 is 9.47 Å². The van der Waals surface area contributed by atoms with Crippen molar-refractivity contribution in [3.05, 3.63) is 98.5 Å². The Hall–Kier alpha value is -1.25. The van der Waals surface area contributed by atoms with Crippen LogP contribution in [0.2, 0.25) is 5.02 Å². The van der Waals surface area contributed by atoms with E-state index in [0.717, 1.165) is 27.6 Å². The topological polar surface area (TPSA) is 47.9 Å². The van der Waals surface area contributed by atoms with Gasteiger partial charge in [0.25, 0.3) is 0 Å². The molecule has 0 aliphatic carbocycles. The molecule has 0 amide bonds. The Bertz CT molecular complexity index is 1250. The van der Waals surface area contributed by atoms with E-state index < -0.39 is 5.97 Å². The number of carbonyl (C=O) groups excluding carboxylic acids is 1. The second-order valence-electron chi connectivity index (χ2n) is 6.69. The minimum absolute atomic E-state index is 0.188. The summed E-state index contributed by atoms with van der Waals surface area (Å²) in [4.78, 5) is 16.7. The van der Waals surface area contributed by atoms with Gasteiger partial charge >= 0.3 is 5.97 Å². The average molecular weight is 786 g/mol. The number of carbonyl (C=O) groups is 1. The van der Waals surface area contributed by atoms with Crippen molar-refractivity contribution in [1.82, 2.24) is 0 Å². The van der Waals surface area contributed by atoms with E-state index in [1.165, 1.54) is 12.1 Å². The fourth-order valence-electron chi connectivity index (χ4n) is 2.88. The lowest BCUT2D eigenvalue weighted by molar-refractivity contribution is -0.129. The molecule has 3 aromatic rings. The number of hydrogen-bond acceptors (Lipinski definition) is 4. The first-order valence-electron chi connectivity index (χ1n) is 9.14. The lowest BCUT2D eigenvalue weighted by Gasteiger charge is -2.11. The van der Waals surface area contributed by atoms with E-state index in [9.17, 15) is 9.18 Å². The van der Waals surface area contributed by atoms with Crippen molar-refractivity contribution in [2.45, 2.75) is 6.61 Å². The molecule has 9 heteroatoms. The molecule has 0 spiro atoms. The molecule has 1 aliphatic rings. The second kappa shape index (κ2) is 10.3. The summed E-state index contributed by atoms with van der Waals surface area (Å²) in [7, 11) is 0. The van der Waals surface area contributed by atoms with Crippen molar-refractivity contribution in [2.24, 2.45) is 4.99 Å². The lowest BCUT2D eigenvalue weighted by atomic mass is 10.2. The SMILES string of the molecule is O=C1OC(c2cc(I)ccc2Cl)=N/C1=C\c1cc(I)c(OCc2ccc(F)cc2)c(I)c1. The molecule has 3 aromatic carbocycles. The molecule has 4 rings (SSSR count). The number of cyclic esters (lactones) is 1. The zero-order chi connectivity index (χ0) is 22.8. The number of ether oxygens (including phenoxy) is 2. The summed E-state index contributed by atoms with van der Waals surface area (Å²) in [5.74, 6) is 0.0994. The molecule has 0 N–H and O–H groups in total. The van der Waals surface area contributed by atoms with Crippen molar-refractivity contribution < 1.29 is 18.7 Å². The number of nitrogens with zero attached hydrogens (tertiary/aromatic N) is 1. The normalized spacial score (nSPS) is 14.5. The van der Waals surface area contributed by atoms with Gasteiger partial charge in [0, 0.05) is 3.57 Å². The van der Waals surface area contributed by atoms with E-state index in [0.29, 0.717) is 17.2 Å².